The minimum absolute atomic E-state index is 0.182. The summed E-state index contributed by atoms with van der Waals surface area (Å²) in [6.07, 6.45) is 1.08. The predicted molar refractivity (Wildman–Crippen MR) is 142 cm³/mol. The maximum atomic E-state index is 13.6. The van der Waals surface area contributed by atoms with Gasteiger partial charge in [0.25, 0.3) is 0 Å². The third-order valence-corrected chi connectivity index (χ3v) is 6.81. The van der Waals surface area contributed by atoms with Gasteiger partial charge in [0.2, 0.25) is 21.8 Å². The van der Waals surface area contributed by atoms with E-state index in [0.717, 1.165) is 27.3 Å². The molecule has 2 aromatic carbocycles. The van der Waals surface area contributed by atoms with Crippen molar-refractivity contribution < 1.29 is 18.0 Å². The molecular weight excluding hydrogens is 462 g/mol. The first-order valence-electron chi connectivity index (χ1n) is 11.8. The minimum Gasteiger partial charge on any atom is -0.350 e. The van der Waals surface area contributed by atoms with Crippen LogP contribution in [0.3, 0.4) is 0 Å². The van der Waals surface area contributed by atoms with Crippen molar-refractivity contribution in [3.05, 3.63) is 65.2 Å². The number of carbonyl (C=O) groups is 2. The normalized spacial score (nSPS) is 12.8. The van der Waals surface area contributed by atoms with Crippen LogP contribution in [-0.2, 0) is 26.2 Å². The zero-order chi connectivity index (χ0) is 26.6. The summed E-state index contributed by atoms with van der Waals surface area (Å²) in [5.41, 5.74) is 2.94. The Labute approximate surface area is 210 Å². The molecule has 0 aliphatic heterocycles. The highest BCUT2D eigenvalue weighted by Gasteiger charge is 2.31. The van der Waals surface area contributed by atoms with Crippen molar-refractivity contribution in [1.82, 2.24) is 10.2 Å². The average molecular weight is 502 g/mol. The van der Waals surface area contributed by atoms with Crippen LogP contribution in [0.5, 0.6) is 0 Å². The van der Waals surface area contributed by atoms with Crippen molar-refractivity contribution >= 4 is 27.5 Å². The van der Waals surface area contributed by atoms with Crippen molar-refractivity contribution in [2.24, 2.45) is 0 Å². The van der Waals surface area contributed by atoms with Crippen LogP contribution in [0.1, 0.15) is 64.2 Å². The monoisotopic (exact) mass is 501 g/mol. The molecule has 8 heteroatoms. The van der Waals surface area contributed by atoms with E-state index < -0.39 is 34.1 Å². The van der Waals surface area contributed by atoms with Gasteiger partial charge in [0.15, 0.2) is 0 Å². The molecule has 1 atom stereocenters. The fourth-order valence-corrected chi connectivity index (χ4v) is 4.44. The van der Waals surface area contributed by atoms with E-state index in [4.69, 9.17) is 0 Å². The number of hydrogen-bond donors (Lipinski definition) is 1. The van der Waals surface area contributed by atoms with Crippen LogP contribution in [0.4, 0.5) is 5.69 Å². The van der Waals surface area contributed by atoms with Crippen LogP contribution in [0.2, 0.25) is 0 Å². The molecular formula is C27H39N3O4S. The Balaban J connectivity index is 2.39. The molecule has 0 bridgehead atoms. The predicted octanol–water partition coefficient (Wildman–Crippen LogP) is 4.22. The number of rotatable bonds is 9. The number of amides is 2. The summed E-state index contributed by atoms with van der Waals surface area (Å²) >= 11 is 0. The summed E-state index contributed by atoms with van der Waals surface area (Å²) < 4.78 is 26.4. The van der Waals surface area contributed by atoms with Crippen LogP contribution in [-0.4, -0.2) is 49.5 Å². The topological polar surface area (TPSA) is 86.8 Å². The molecule has 0 saturated carbocycles. The Hall–Kier alpha value is -2.87. The van der Waals surface area contributed by atoms with Gasteiger partial charge in [0.05, 0.1) is 11.9 Å². The van der Waals surface area contributed by atoms with E-state index in [9.17, 15) is 18.0 Å². The minimum atomic E-state index is -3.75. The third kappa shape index (κ3) is 8.38. The molecule has 0 aromatic heterocycles. The molecule has 1 N–H and O–H groups in total. The second kappa shape index (κ2) is 11.2. The summed E-state index contributed by atoms with van der Waals surface area (Å²) in [6.45, 7) is 13.1. The van der Waals surface area contributed by atoms with Crippen LogP contribution in [0.25, 0.3) is 0 Å². The molecule has 35 heavy (non-hydrogen) atoms. The summed E-state index contributed by atoms with van der Waals surface area (Å²) in [6, 6.07) is 14.1. The number of nitrogens with one attached hydrogen (secondary N) is 1. The van der Waals surface area contributed by atoms with E-state index in [-0.39, 0.29) is 12.5 Å². The number of hydrogen-bond acceptors (Lipinski definition) is 4. The molecule has 2 amide bonds. The third-order valence-electron chi connectivity index (χ3n) is 5.67. The number of sulfonamides is 1. The summed E-state index contributed by atoms with van der Waals surface area (Å²) in [5.74, 6) is -0.463. The molecule has 0 radical (unpaired) electrons. The Bertz CT molecular complexity index is 1120. The van der Waals surface area contributed by atoms with Gasteiger partial charge in [0.1, 0.15) is 12.6 Å². The van der Waals surface area contributed by atoms with Gasteiger partial charge in [-0.05, 0) is 63.8 Å². The van der Waals surface area contributed by atoms with Gasteiger partial charge >= 0.3 is 0 Å². The van der Waals surface area contributed by atoms with Gasteiger partial charge < -0.3 is 10.2 Å². The fourth-order valence-electron chi connectivity index (χ4n) is 3.59. The van der Waals surface area contributed by atoms with Crippen LogP contribution >= 0.6 is 0 Å². The highest BCUT2D eigenvalue weighted by Crippen LogP contribution is 2.23. The van der Waals surface area contributed by atoms with Crippen molar-refractivity contribution in [1.29, 1.82) is 0 Å². The summed E-state index contributed by atoms with van der Waals surface area (Å²) in [7, 11) is -3.75. The Morgan fingerprint density at radius 2 is 1.49 bits per heavy atom. The average Bonchev–Trinajstić information content (AvgIpc) is 2.74. The number of aryl methyl sites for hydroxylation is 1. The lowest BCUT2D eigenvalue weighted by Crippen LogP contribution is -2.54. The lowest BCUT2D eigenvalue weighted by molar-refractivity contribution is -0.140. The smallest absolute Gasteiger partial charge is 0.244 e. The van der Waals surface area contributed by atoms with E-state index in [1.165, 1.54) is 4.90 Å². The van der Waals surface area contributed by atoms with Crippen LogP contribution < -0.4 is 9.62 Å². The van der Waals surface area contributed by atoms with Crippen LogP contribution in [0.15, 0.2) is 48.5 Å². The lowest BCUT2D eigenvalue weighted by atomic mass is 10.0. The number of nitrogens with zero attached hydrogens (tertiary/aromatic N) is 2. The number of benzene rings is 2. The second-order valence-electron chi connectivity index (χ2n) is 10.4. The second-order valence-corrected chi connectivity index (χ2v) is 12.3. The maximum absolute atomic E-state index is 13.6. The lowest BCUT2D eigenvalue weighted by Gasteiger charge is -2.33. The molecule has 0 heterocycles. The van der Waals surface area contributed by atoms with Crippen molar-refractivity contribution in [2.45, 2.75) is 72.5 Å². The Morgan fingerprint density at radius 1 is 0.943 bits per heavy atom. The van der Waals surface area contributed by atoms with E-state index in [1.807, 2.05) is 64.1 Å². The first-order valence-corrected chi connectivity index (χ1v) is 13.7. The van der Waals surface area contributed by atoms with Gasteiger partial charge in [-0.3, -0.25) is 13.9 Å². The van der Waals surface area contributed by atoms with Gasteiger partial charge in [-0.25, -0.2) is 8.42 Å². The Morgan fingerprint density at radius 3 is 1.94 bits per heavy atom. The van der Waals surface area contributed by atoms with Gasteiger partial charge in [-0.15, -0.1) is 0 Å². The quantitative estimate of drug-likeness (QED) is 0.557. The zero-order valence-electron chi connectivity index (χ0n) is 22.1. The highest BCUT2D eigenvalue weighted by molar-refractivity contribution is 7.92. The molecule has 2 rings (SSSR count). The number of anilines is 1. The van der Waals surface area contributed by atoms with E-state index in [2.05, 4.69) is 19.2 Å². The van der Waals surface area contributed by atoms with Gasteiger partial charge in [-0.2, -0.15) is 0 Å². The standard InChI is InChI=1S/C27H39N3O4S/c1-19(2)23-13-15-24(16-14-23)30(35(8,33)34)18-25(31)29(17-22-11-9-20(3)10-12-22)21(4)26(32)28-27(5,6)7/h9-16,19,21H,17-18H2,1-8H3,(H,28,32)/t21-/m1/s1. The molecule has 7 nitrogen and oxygen atoms in total. The van der Waals surface area contributed by atoms with E-state index in [1.54, 1.807) is 19.1 Å². The fraction of sp³-hybridized carbons (Fsp3) is 0.481. The van der Waals surface area contributed by atoms with Crippen LogP contribution in [0, 0.1) is 6.92 Å². The first-order chi connectivity index (χ1) is 16.1. The zero-order valence-corrected chi connectivity index (χ0v) is 22.9. The molecule has 0 fully saturated rings. The van der Waals surface area contributed by atoms with Crippen molar-refractivity contribution in [3.8, 4) is 0 Å². The van der Waals surface area contributed by atoms with Crippen molar-refractivity contribution in [2.75, 3.05) is 17.1 Å². The summed E-state index contributed by atoms with van der Waals surface area (Å²) in [4.78, 5) is 28.0. The Kier molecular flexibility index (Phi) is 9.11. The molecule has 0 aliphatic rings. The molecule has 2 aromatic rings. The SMILES string of the molecule is Cc1ccc(CN(C(=O)CN(c2ccc(C(C)C)cc2)S(C)(=O)=O)[C@H](C)C(=O)NC(C)(C)C)cc1. The molecule has 0 unspecified atom stereocenters. The first kappa shape index (κ1) is 28.4. The van der Waals surface area contributed by atoms with E-state index >= 15 is 0 Å². The highest BCUT2D eigenvalue weighted by atomic mass is 32.2. The number of carbonyl (C=O) groups excluding carboxylic acids is 2. The summed E-state index contributed by atoms with van der Waals surface area (Å²) in [5, 5.41) is 2.92. The molecule has 0 spiro atoms. The van der Waals surface area contributed by atoms with Gasteiger partial charge in [-0.1, -0.05) is 55.8 Å². The maximum Gasteiger partial charge on any atom is 0.244 e. The molecule has 0 aliphatic carbocycles. The largest absolute Gasteiger partial charge is 0.350 e. The molecule has 192 valence electrons. The van der Waals surface area contributed by atoms with Gasteiger partial charge in [0, 0.05) is 12.1 Å². The van der Waals surface area contributed by atoms with Crippen molar-refractivity contribution in [3.63, 3.8) is 0 Å². The molecule has 0 saturated heterocycles. The van der Waals surface area contributed by atoms with E-state index in [0.29, 0.717) is 11.6 Å².